The van der Waals surface area contributed by atoms with Gasteiger partial charge in [0.25, 0.3) is 0 Å². The van der Waals surface area contributed by atoms with Crippen LogP contribution in [0.4, 0.5) is 0 Å². The summed E-state index contributed by atoms with van der Waals surface area (Å²) in [5.41, 5.74) is 1.18. The van der Waals surface area contributed by atoms with Crippen LogP contribution in [0.5, 0.6) is 0 Å². The monoisotopic (exact) mass is 208 g/mol. The standard InChI is InChI=1S/C12H16O3/c1-10(14)15-12(9-13)8-7-11-5-3-2-4-6-11/h2-6,12-13H,7-9H2,1H3/t12-/m1/s1. The van der Waals surface area contributed by atoms with E-state index in [-0.39, 0.29) is 18.7 Å². The number of hydrogen-bond donors (Lipinski definition) is 1. The van der Waals surface area contributed by atoms with E-state index in [0.717, 1.165) is 6.42 Å². The minimum Gasteiger partial charge on any atom is -0.460 e. The Morgan fingerprint density at radius 3 is 2.60 bits per heavy atom. The summed E-state index contributed by atoms with van der Waals surface area (Å²) >= 11 is 0. The fourth-order valence-corrected chi connectivity index (χ4v) is 1.39. The SMILES string of the molecule is CC(=O)O[C@@H](CO)CCc1ccccc1. The van der Waals surface area contributed by atoms with Crippen molar-refractivity contribution in [3.8, 4) is 0 Å². The van der Waals surface area contributed by atoms with Crippen LogP contribution in [0.3, 0.4) is 0 Å². The van der Waals surface area contributed by atoms with E-state index in [1.807, 2.05) is 30.3 Å². The second-order valence-corrected chi connectivity index (χ2v) is 3.44. The molecule has 1 atom stereocenters. The molecule has 0 aliphatic heterocycles. The second kappa shape index (κ2) is 6.19. The number of benzene rings is 1. The van der Waals surface area contributed by atoms with Crippen LogP contribution >= 0.6 is 0 Å². The van der Waals surface area contributed by atoms with Crippen molar-refractivity contribution in [2.45, 2.75) is 25.9 Å². The molecule has 0 unspecified atom stereocenters. The minimum atomic E-state index is -0.386. The highest BCUT2D eigenvalue weighted by atomic mass is 16.5. The molecule has 1 rings (SSSR count). The molecule has 0 heterocycles. The van der Waals surface area contributed by atoms with Crippen molar-refractivity contribution in [3.05, 3.63) is 35.9 Å². The average molecular weight is 208 g/mol. The number of aliphatic hydroxyl groups is 1. The maximum atomic E-state index is 10.7. The maximum absolute atomic E-state index is 10.7. The molecule has 0 bridgehead atoms. The highest BCUT2D eigenvalue weighted by molar-refractivity contribution is 5.66. The Labute approximate surface area is 89.7 Å². The molecule has 15 heavy (non-hydrogen) atoms. The van der Waals surface area contributed by atoms with Crippen molar-refractivity contribution >= 4 is 5.97 Å². The van der Waals surface area contributed by atoms with E-state index >= 15 is 0 Å². The topological polar surface area (TPSA) is 46.5 Å². The third kappa shape index (κ3) is 4.61. The minimum absolute atomic E-state index is 0.119. The van der Waals surface area contributed by atoms with Gasteiger partial charge in [-0.3, -0.25) is 4.79 Å². The molecule has 82 valence electrons. The van der Waals surface area contributed by atoms with Gasteiger partial charge < -0.3 is 9.84 Å². The van der Waals surface area contributed by atoms with Crippen LogP contribution in [0.25, 0.3) is 0 Å². The van der Waals surface area contributed by atoms with E-state index in [0.29, 0.717) is 6.42 Å². The lowest BCUT2D eigenvalue weighted by molar-refractivity contribution is -0.148. The number of esters is 1. The fraction of sp³-hybridized carbons (Fsp3) is 0.417. The average Bonchev–Trinajstić information content (AvgIpc) is 2.25. The molecule has 3 heteroatoms. The summed E-state index contributed by atoms with van der Waals surface area (Å²) in [7, 11) is 0. The molecule has 0 fully saturated rings. The molecule has 1 aromatic rings. The first-order chi connectivity index (χ1) is 7.22. The van der Waals surface area contributed by atoms with Crippen LogP contribution in [0.15, 0.2) is 30.3 Å². The lowest BCUT2D eigenvalue weighted by atomic mass is 10.1. The quantitative estimate of drug-likeness (QED) is 0.747. The van der Waals surface area contributed by atoms with Crippen LogP contribution in [-0.4, -0.2) is 23.8 Å². The zero-order valence-corrected chi connectivity index (χ0v) is 8.85. The van der Waals surface area contributed by atoms with E-state index < -0.39 is 0 Å². The lowest BCUT2D eigenvalue weighted by Gasteiger charge is -2.13. The molecular formula is C12H16O3. The number of ether oxygens (including phenoxy) is 1. The zero-order valence-electron chi connectivity index (χ0n) is 8.85. The van der Waals surface area contributed by atoms with Gasteiger partial charge in [-0.15, -0.1) is 0 Å². The molecule has 0 saturated carbocycles. The van der Waals surface area contributed by atoms with Crippen molar-refractivity contribution in [2.24, 2.45) is 0 Å². The number of carbonyl (C=O) groups is 1. The second-order valence-electron chi connectivity index (χ2n) is 3.44. The van der Waals surface area contributed by atoms with Crippen LogP contribution in [-0.2, 0) is 16.0 Å². The van der Waals surface area contributed by atoms with Crippen LogP contribution in [0.2, 0.25) is 0 Å². The van der Waals surface area contributed by atoms with Crippen molar-refractivity contribution < 1.29 is 14.6 Å². The molecule has 0 radical (unpaired) electrons. The maximum Gasteiger partial charge on any atom is 0.302 e. The highest BCUT2D eigenvalue weighted by Crippen LogP contribution is 2.07. The smallest absolute Gasteiger partial charge is 0.302 e. The molecule has 0 saturated heterocycles. The summed E-state index contributed by atoms with van der Waals surface area (Å²) in [6, 6.07) is 9.92. The first-order valence-corrected chi connectivity index (χ1v) is 5.04. The molecule has 0 aliphatic rings. The van der Waals surface area contributed by atoms with Crippen molar-refractivity contribution in [2.75, 3.05) is 6.61 Å². The van der Waals surface area contributed by atoms with Crippen molar-refractivity contribution in [3.63, 3.8) is 0 Å². The van der Waals surface area contributed by atoms with Crippen LogP contribution < -0.4 is 0 Å². The van der Waals surface area contributed by atoms with E-state index in [9.17, 15) is 4.79 Å². The third-order valence-corrected chi connectivity index (χ3v) is 2.13. The molecule has 0 aliphatic carbocycles. The van der Waals surface area contributed by atoms with Crippen molar-refractivity contribution in [1.82, 2.24) is 0 Å². The number of rotatable bonds is 5. The molecule has 3 nitrogen and oxygen atoms in total. The summed E-state index contributed by atoms with van der Waals surface area (Å²) in [5.74, 6) is -0.345. The van der Waals surface area contributed by atoms with Gasteiger partial charge in [0.15, 0.2) is 0 Å². The Morgan fingerprint density at radius 2 is 2.07 bits per heavy atom. The number of aryl methyl sites for hydroxylation is 1. The van der Waals surface area contributed by atoms with Crippen molar-refractivity contribution in [1.29, 1.82) is 0 Å². The Bertz CT molecular complexity index is 295. The molecule has 0 amide bonds. The summed E-state index contributed by atoms with van der Waals surface area (Å²) in [4.78, 5) is 10.7. The Hall–Kier alpha value is -1.35. The summed E-state index contributed by atoms with van der Waals surface area (Å²) in [5, 5.41) is 8.98. The van der Waals surface area contributed by atoms with E-state index in [4.69, 9.17) is 9.84 Å². The van der Waals surface area contributed by atoms with E-state index in [2.05, 4.69) is 0 Å². The van der Waals surface area contributed by atoms with E-state index in [1.54, 1.807) is 0 Å². The van der Waals surface area contributed by atoms with Crippen LogP contribution in [0, 0.1) is 0 Å². The molecule has 1 aromatic carbocycles. The van der Waals surface area contributed by atoms with Gasteiger partial charge in [-0.05, 0) is 18.4 Å². The van der Waals surface area contributed by atoms with Gasteiger partial charge in [0, 0.05) is 6.92 Å². The third-order valence-electron chi connectivity index (χ3n) is 2.13. The summed E-state index contributed by atoms with van der Waals surface area (Å²) in [6.07, 6.45) is 1.07. The van der Waals surface area contributed by atoms with Gasteiger partial charge in [0.05, 0.1) is 6.61 Å². The molecule has 0 spiro atoms. The molecular weight excluding hydrogens is 192 g/mol. The van der Waals surface area contributed by atoms with Gasteiger partial charge in [-0.1, -0.05) is 30.3 Å². The number of carbonyl (C=O) groups excluding carboxylic acids is 1. The first kappa shape index (κ1) is 11.7. The predicted octanol–water partition coefficient (Wildman–Crippen LogP) is 1.54. The fourth-order valence-electron chi connectivity index (χ4n) is 1.39. The largest absolute Gasteiger partial charge is 0.460 e. The molecule has 0 aromatic heterocycles. The summed E-state index contributed by atoms with van der Waals surface area (Å²) in [6.45, 7) is 1.23. The predicted molar refractivity (Wildman–Crippen MR) is 57.4 cm³/mol. The zero-order chi connectivity index (χ0) is 11.1. The Balaban J connectivity index is 2.37. The number of hydrogen-bond acceptors (Lipinski definition) is 3. The van der Waals surface area contributed by atoms with Gasteiger partial charge >= 0.3 is 5.97 Å². The normalized spacial score (nSPS) is 12.1. The molecule has 1 N–H and O–H groups in total. The van der Waals surface area contributed by atoms with Crippen LogP contribution in [0.1, 0.15) is 18.9 Å². The van der Waals surface area contributed by atoms with Gasteiger partial charge in [0.2, 0.25) is 0 Å². The number of aliphatic hydroxyl groups excluding tert-OH is 1. The highest BCUT2D eigenvalue weighted by Gasteiger charge is 2.10. The Morgan fingerprint density at radius 1 is 1.40 bits per heavy atom. The Kier molecular flexibility index (Phi) is 4.84. The first-order valence-electron chi connectivity index (χ1n) is 5.04. The van der Waals surface area contributed by atoms with Gasteiger partial charge in [-0.25, -0.2) is 0 Å². The van der Waals surface area contributed by atoms with E-state index in [1.165, 1.54) is 12.5 Å². The summed E-state index contributed by atoms with van der Waals surface area (Å²) < 4.78 is 4.93. The van der Waals surface area contributed by atoms with Gasteiger partial charge in [-0.2, -0.15) is 0 Å². The van der Waals surface area contributed by atoms with Gasteiger partial charge in [0.1, 0.15) is 6.10 Å². The lowest BCUT2D eigenvalue weighted by Crippen LogP contribution is -2.21.